The van der Waals surface area contributed by atoms with E-state index in [1.165, 1.54) is 23.5 Å². The molecule has 0 aromatic heterocycles. The highest BCUT2D eigenvalue weighted by Crippen LogP contribution is 2.28. The summed E-state index contributed by atoms with van der Waals surface area (Å²) in [5.41, 5.74) is 2.57. The van der Waals surface area contributed by atoms with Crippen LogP contribution < -0.4 is 18.7 Å². The molecule has 0 unspecified atom stereocenters. The van der Waals surface area contributed by atoms with Crippen LogP contribution in [0.4, 0.5) is 11.4 Å². The van der Waals surface area contributed by atoms with Gasteiger partial charge in [0.05, 0.1) is 17.2 Å². The van der Waals surface area contributed by atoms with E-state index in [1.807, 2.05) is 31.2 Å². The van der Waals surface area contributed by atoms with Crippen LogP contribution in [-0.4, -0.2) is 41.1 Å². The van der Waals surface area contributed by atoms with Crippen LogP contribution in [0.2, 0.25) is 0 Å². The van der Waals surface area contributed by atoms with Gasteiger partial charge in [-0.25, -0.2) is 8.42 Å². The number of rotatable bonds is 8. The summed E-state index contributed by atoms with van der Waals surface area (Å²) in [7, 11) is -2.23. The number of carbonyl (C=O) groups is 1. The monoisotopic (exact) mass is 466 g/mol. The van der Waals surface area contributed by atoms with Crippen molar-refractivity contribution in [3.8, 4) is 11.5 Å². The molecule has 7 nitrogen and oxygen atoms in total. The van der Waals surface area contributed by atoms with Crippen molar-refractivity contribution in [1.29, 1.82) is 0 Å². The van der Waals surface area contributed by atoms with E-state index in [4.69, 9.17) is 9.47 Å². The number of hydrogen-bond acceptors (Lipinski definition) is 5. The molecule has 1 aliphatic heterocycles. The number of sulfonamides is 1. The van der Waals surface area contributed by atoms with Crippen molar-refractivity contribution >= 4 is 27.3 Å². The molecule has 1 aliphatic rings. The second-order valence-corrected chi connectivity index (χ2v) is 9.55. The number of nitrogens with zero attached hydrogens (tertiary/aromatic N) is 2. The van der Waals surface area contributed by atoms with Gasteiger partial charge in [-0.05, 0) is 73.5 Å². The summed E-state index contributed by atoms with van der Waals surface area (Å²) < 4.78 is 38.1. The Hall–Kier alpha value is -3.52. The molecule has 4 rings (SSSR count). The number of amides is 1. The first-order valence-corrected chi connectivity index (χ1v) is 12.2. The van der Waals surface area contributed by atoms with Gasteiger partial charge in [-0.1, -0.05) is 18.2 Å². The van der Waals surface area contributed by atoms with Gasteiger partial charge in [0.2, 0.25) is 0 Å². The molecular weight excluding hydrogens is 440 g/mol. The molecule has 1 heterocycles. The van der Waals surface area contributed by atoms with E-state index in [2.05, 4.69) is 0 Å². The summed E-state index contributed by atoms with van der Waals surface area (Å²) in [5, 5.41) is 0. The van der Waals surface area contributed by atoms with Gasteiger partial charge in [0.25, 0.3) is 15.9 Å². The average Bonchev–Trinajstić information content (AvgIpc) is 3.27. The highest BCUT2D eigenvalue weighted by atomic mass is 32.2. The Morgan fingerprint density at radius 2 is 1.58 bits per heavy atom. The number of para-hydroxylation sites is 1. The van der Waals surface area contributed by atoms with Crippen molar-refractivity contribution in [2.75, 3.05) is 36.0 Å². The number of ether oxygens (including phenoxy) is 2. The maximum atomic E-state index is 13.0. The lowest BCUT2D eigenvalue weighted by molar-refractivity contribution is -0.120. The predicted molar refractivity (Wildman–Crippen MR) is 128 cm³/mol. The number of anilines is 2. The van der Waals surface area contributed by atoms with Crippen molar-refractivity contribution in [3.05, 3.63) is 78.4 Å². The van der Waals surface area contributed by atoms with E-state index < -0.39 is 10.0 Å². The molecule has 0 spiro atoms. The zero-order chi connectivity index (χ0) is 23.4. The van der Waals surface area contributed by atoms with Gasteiger partial charge in [-0.3, -0.25) is 9.10 Å². The summed E-state index contributed by atoms with van der Waals surface area (Å²) in [6.07, 6.45) is 0.839. The van der Waals surface area contributed by atoms with E-state index in [0.717, 1.165) is 17.7 Å². The quantitative estimate of drug-likeness (QED) is 0.504. The van der Waals surface area contributed by atoms with Crippen LogP contribution in [-0.2, 0) is 21.2 Å². The lowest BCUT2D eigenvalue weighted by Crippen LogP contribution is -2.33. The van der Waals surface area contributed by atoms with Crippen molar-refractivity contribution in [3.63, 3.8) is 0 Å². The fourth-order valence-electron chi connectivity index (χ4n) is 3.74. The molecule has 1 amide bonds. The third-order valence-corrected chi connectivity index (χ3v) is 7.34. The second-order valence-electron chi connectivity index (χ2n) is 7.58. The van der Waals surface area contributed by atoms with E-state index in [-0.39, 0.29) is 17.4 Å². The topological polar surface area (TPSA) is 76.1 Å². The number of benzene rings is 3. The fraction of sp³-hybridized carbons (Fsp3) is 0.240. The molecule has 8 heteroatoms. The molecule has 0 N–H and O–H groups in total. The first-order chi connectivity index (χ1) is 15.9. The Bertz CT molecular complexity index is 1220. The van der Waals surface area contributed by atoms with Gasteiger partial charge in [0.15, 0.2) is 6.61 Å². The first-order valence-electron chi connectivity index (χ1n) is 10.7. The van der Waals surface area contributed by atoms with Crippen molar-refractivity contribution < 1.29 is 22.7 Å². The summed E-state index contributed by atoms with van der Waals surface area (Å²) in [4.78, 5) is 14.5. The molecule has 172 valence electrons. The molecule has 0 saturated heterocycles. The Kier molecular flexibility index (Phi) is 6.55. The van der Waals surface area contributed by atoms with Crippen LogP contribution >= 0.6 is 0 Å². The minimum atomic E-state index is -3.73. The average molecular weight is 467 g/mol. The maximum absolute atomic E-state index is 13.0. The van der Waals surface area contributed by atoms with E-state index in [0.29, 0.717) is 30.3 Å². The predicted octanol–water partition coefficient (Wildman–Crippen LogP) is 3.88. The lowest BCUT2D eigenvalue weighted by atomic mass is 10.2. The normalized spacial score (nSPS) is 12.8. The van der Waals surface area contributed by atoms with Crippen molar-refractivity contribution in [2.24, 2.45) is 0 Å². The highest BCUT2D eigenvalue weighted by Gasteiger charge is 2.25. The molecule has 0 radical (unpaired) electrons. The minimum absolute atomic E-state index is 0.0893. The van der Waals surface area contributed by atoms with Crippen LogP contribution in [0.3, 0.4) is 0 Å². The Balaban J connectivity index is 1.39. The molecular formula is C25H26N2O5S. The summed E-state index contributed by atoms with van der Waals surface area (Å²) in [5.74, 6) is 0.998. The second kappa shape index (κ2) is 9.54. The van der Waals surface area contributed by atoms with Gasteiger partial charge < -0.3 is 14.4 Å². The summed E-state index contributed by atoms with van der Waals surface area (Å²) in [6, 6.07) is 20.8. The zero-order valence-electron chi connectivity index (χ0n) is 18.6. The van der Waals surface area contributed by atoms with Gasteiger partial charge in [-0.2, -0.15) is 0 Å². The maximum Gasteiger partial charge on any atom is 0.264 e. The third-order valence-electron chi connectivity index (χ3n) is 5.54. The number of fused-ring (bicyclic) bond motifs is 1. The largest absolute Gasteiger partial charge is 0.494 e. The molecule has 0 bridgehead atoms. The van der Waals surface area contributed by atoms with Gasteiger partial charge in [0, 0.05) is 19.3 Å². The molecule has 3 aromatic rings. The molecule has 0 aliphatic carbocycles. The van der Waals surface area contributed by atoms with Gasteiger partial charge >= 0.3 is 0 Å². The van der Waals surface area contributed by atoms with Crippen molar-refractivity contribution in [2.45, 2.75) is 18.2 Å². The Morgan fingerprint density at radius 3 is 2.27 bits per heavy atom. The molecule has 0 saturated carbocycles. The Labute approximate surface area is 194 Å². The molecule has 0 fully saturated rings. The SMILES string of the molecule is CCOc1ccc(S(=O)(=O)N(C)c2ccc(OCC(=O)N3CCc4ccccc43)cc2)cc1. The van der Waals surface area contributed by atoms with E-state index in [9.17, 15) is 13.2 Å². The molecule has 0 atom stereocenters. The summed E-state index contributed by atoms with van der Waals surface area (Å²) >= 11 is 0. The minimum Gasteiger partial charge on any atom is -0.494 e. The Morgan fingerprint density at radius 1 is 0.939 bits per heavy atom. The van der Waals surface area contributed by atoms with E-state index in [1.54, 1.807) is 41.3 Å². The van der Waals surface area contributed by atoms with Crippen LogP contribution in [0, 0.1) is 0 Å². The summed E-state index contributed by atoms with van der Waals surface area (Å²) in [6.45, 7) is 2.94. The van der Waals surface area contributed by atoms with Crippen LogP contribution in [0.25, 0.3) is 0 Å². The van der Waals surface area contributed by atoms with Gasteiger partial charge in [-0.15, -0.1) is 0 Å². The van der Waals surface area contributed by atoms with Gasteiger partial charge in [0.1, 0.15) is 11.5 Å². The van der Waals surface area contributed by atoms with Crippen molar-refractivity contribution in [1.82, 2.24) is 0 Å². The van der Waals surface area contributed by atoms with Crippen LogP contribution in [0.5, 0.6) is 11.5 Å². The first kappa shape index (κ1) is 22.7. The highest BCUT2D eigenvalue weighted by molar-refractivity contribution is 7.92. The zero-order valence-corrected chi connectivity index (χ0v) is 19.4. The van der Waals surface area contributed by atoms with E-state index >= 15 is 0 Å². The van der Waals surface area contributed by atoms with Crippen LogP contribution in [0.15, 0.2) is 77.7 Å². The number of carbonyl (C=O) groups excluding carboxylic acids is 1. The lowest BCUT2D eigenvalue weighted by Gasteiger charge is -2.20. The smallest absolute Gasteiger partial charge is 0.264 e. The fourth-order valence-corrected chi connectivity index (χ4v) is 4.94. The third kappa shape index (κ3) is 4.80. The number of hydrogen-bond donors (Lipinski definition) is 0. The molecule has 33 heavy (non-hydrogen) atoms. The standard InChI is InChI=1S/C25H26N2O5S/c1-3-31-21-12-14-23(15-13-21)33(29,30)26(2)20-8-10-22(11-9-20)32-18-25(28)27-17-16-19-6-4-5-7-24(19)27/h4-15H,3,16-18H2,1-2H3. The van der Waals surface area contributed by atoms with Crippen LogP contribution in [0.1, 0.15) is 12.5 Å². The molecule has 3 aromatic carbocycles.